The summed E-state index contributed by atoms with van der Waals surface area (Å²) in [6.45, 7) is -2.56. The number of rotatable bonds is 1. The lowest BCUT2D eigenvalue weighted by Crippen LogP contribution is -2.41. The lowest BCUT2D eigenvalue weighted by atomic mass is 10.1. The Morgan fingerprint density at radius 2 is 1.62 bits per heavy atom. The van der Waals surface area contributed by atoms with E-state index in [1.807, 2.05) is 0 Å². The number of hydrogen-bond donors (Lipinski definition) is 3. The SMILES string of the molecule is OC1OCC(C2OC3OC(O)OC3C2O)O1. The summed E-state index contributed by atoms with van der Waals surface area (Å²) in [6.07, 6.45) is -3.86. The van der Waals surface area contributed by atoms with Crippen LogP contribution in [-0.4, -0.2) is 65.6 Å². The van der Waals surface area contributed by atoms with Gasteiger partial charge in [-0.2, -0.15) is 0 Å². The Balaban J connectivity index is 1.67. The first-order valence-electron chi connectivity index (χ1n) is 4.93. The maximum atomic E-state index is 9.87. The van der Waals surface area contributed by atoms with Crippen LogP contribution in [0.15, 0.2) is 0 Å². The minimum Gasteiger partial charge on any atom is -0.387 e. The van der Waals surface area contributed by atoms with Gasteiger partial charge in [0.15, 0.2) is 6.29 Å². The van der Waals surface area contributed by atoms with Crippen LogP contribution < -0.4 is 0 Å². The van der Waals surface area contributed by atoms with Gasteiger partial charge in [0.2, 0.25) is 0 Å². The number of ether oxygens (including phenoxy) is 5. The van der Waals surface area contributed by atoms with E-state index in [1.165, 1.54) is 0 Å². The second-order valence-electron chi connectivity index (χ2n) is 3.82. The molecule has 8 nitrogen and oxygen atoms in total. The van der Waals surface area contributed by atoms with E-state index in [4.69, 9.17) is 33.9 Å². The van der Waals surface area contributed by atoms with Gasteiger partial charge in [-0.3, -0.25) is 4.74 Å². The largest absolute Gasteiger partial charge is 0.387 e. The molecule has 0 aliphatic carbocycles. The molecule has 0 aromatic carbocycles. The maximum Gasteiger partial charge on any atom is 0.271 e. The van der Waals surface area contributed by atoms with Gasteiger partial charge >= 0.3 is 0 Å². The number of hydrogen-bond acceptors (Lipinski definition) is 8. The van der Waals surface area contributed by atoms with Crippen molar-refractivity contribution in [2.24, 2.45) is 0 Å². The standard InChI is InChI=1S/C8H12O8/c9-3-4(2-1-12-7(10)13-2)14-6-5(3)15-8(11)16-6/h2-11H,1H2. The molecule has 3 heterocycles. The summed E-state index contributed by atoms with van der Waals surface area (Å²) in [5, 5.41) is 27.9. The zero-order valence-electron chi connectivity index (χ0n) is 8.13. The molecule has 0 radical (unpaired) electrons. The molecule has 0 amide bonds. The van der Waals surface area contributed by atoms with Gasteiger partial charge in [-0.15, -0.1) is 0 Å². The second kappa shape index (κ2) is 3.86. The van der Waals surface area contributed by atoms with Gasteiger partial charge in [0.1, 0.15) is 24.4 Å². The van der Waals surface area contributed by atoms with Crippen molar-refractivity contribution >= 4 is 0 Å². The van der Waals surface area contributed by atoms with Crippen LogP contribution in [0.5, 0.6) is 0 Å². The Hall–Kier alpha value is -0.320. The molecule has 7 unspecified atom stereocenters. The van der Waals surface area contributed by atoms with Crippen LogP contribution in [0.2, 0.25) is 0 Å². The molecule has 0 saturated carbocycles. The fourth-order valence-corrected chi connectivity index (χ4v) is 2.08. The third kappa shape index (κ3) is 1.63. The Labute approximate surface area is 90.2 Å². The summed E-state index contributed by atoms with van der Waals surface area (Å²) in [6, 6.07) is 0. The van der Waals surface area contributed by atoms with Crippen LogP contribution in [0.1, 0.15) is 0 Å². The van der Waals surface area contributed by atoms with Gasteiger partial charge in [0.05, 0.1) is 6.61 Å². The molecule has 16 heavy (non-hydrogen) atoms. The molecular weight excluding hydrogens is 224 g/mol. The van der Waals surface area contributed by atoms with Crippen molar-refractivity contribution in [3.8, 4) is 0 Å². The molecule has 0 aromatic rings. The maximum absolute atomic E-state index is 9.87. The van der Waals surface area contributed by atoms with Crippen LogP contribution in [-0.2, 0) is 23.7 Å². The number of aliphatic hydroxyl groups excluding tert-OH is 3. The predicted octanol–water partition coefficient (Wildman–Crippen LogP) is -2.55. The Bertz CT molecular complexity index is 273. The fourth-order valence-electron chi connectivity index (χ4n) is 2.08. The lowest BCUT2D eigenvalue weighted by Gasteiger charge is -2.21. The van der Waals surface area contributed by atoms with Crippen molar-refractivity contribution in [1.29, 1.82) is 0 Å². The Morgan fingerprint density at radius 3 is 2.25 bits per heavy atom. The Morgan fingerprint density at radius 1 is 0.812 bits per heavy atom. The molecule has 0 spiro atoms. The average Bonchev–Trinajstić information content (AvgIpc) is 2.85. The van der Waals surface area contributed by atoms with Crippen molar-refractivity contribution in [1.82, 2.24) is 0 Å². The molecular formula is C8H12O8. The zero-order valence-corrected chi connectivity index (χ0v) is 8.13. The van der Waals surface area contributed by atoms with E-state index in [0.717, 1.165) is 0 Å². The summed E-state index contributed by atoms with van der Waals surface area (Å²) < 4.78 is 24.9. The first-order valence-corrected chi connectivity index (χ1v) is 4.93. The van der Waals surface area contributed by atoms with E-state index >= 15 is 0 Å². The van der Waals surface area contributed by atoms with E-state index in [-0.39, 0.29) is 6.61 Å². The normalized spacial score (nSPS) is 56.8. The first-order chi connectivity index (χ1) is 7.65. The van der Waals surface area contributed by atoms with E-state index in [2.05, 4.69) is 0 Å². The van der Waals surface area contributed by atoms with E-state index in [1.54, 1.807) is 0 Å². The molecule has 3 rings (SSSR count). The molecule has 3 fully saturated rings. The van der Waals surface area contributed by atoms with Gasteiger partial charge in [0.25, 0.3) is 13.0 Å². The molecule has 8 heteroatoms. The highest BCUT2D eigenvalue weighted by Crippen LogP contribution is 2.34. The van der Waals surface area contributed by atoms with Crippen LogP contribution >= 0.6 is 0 Å². The molecule has 3 N–H and O–H groups in total. The van der Waals surface area contributed by atoms with Crippen LogP contribution in [0, 0.1) is 0 Å². The van der Waals surface area contributed by atoms with Gasteiger partial charge < -0.3 is 34.3 Å². The fraction of sp³-hybridized carbons (Fsp3) is 1.00. The minimum atomic E-state index is -1.38. The Kier molecular flexibility index (Phi) is 2.61. The topological polar surface area (TPSA) is 107 Å². The van der Waals surface area contributed by atoms with Gasteiger partial charge in [0, 0.05) is 0 Å². The van der Waals surface area contributed by atoms with Crippen molar-refractivity contribution in [2.45, 2.75) is 43.7 Å². The third-order valence-electron chi connectivity index (χ3n) is 2.82. The van der Waals surface area contributed by atoms with Gasteiger partial charge in [-0.25, -0.2) is 0 Å². The third-order valence-corrected chi connectivity index (χ3v) is 2.82. The van der Waals surface area contributed by atoms with Crippen molar-refractivity contribution in [3.63, 3.8) is 0 Å². The molecule has 92 valence electrons. The summed E-state index contributed by atoms with van der Waals surface area (Å²) in [5.41, 5.74) is 0. The molecule has 3 saturated heterocycles. The number of aliphatic hydroxyl groups is 3. The zero-order chi connectivity index (χ0) is 11.3. The molecule has 3 aliphatic heterocycles. The molecule has 0 bridgehead atoms. The highest BCUT2D eigenvalue weighted by atomic mass is 16.9. The molecule has 3 aliphatic rings. The van der Waals surface area contributed by atoms with Crippen molar-refractivity contribution < 1.29 is 39.0 Å². The minimum absolute atomic E-state index is 0.116. The lowest BCUT2D eigenvalue weighted by molar-refractivity contribution is -0.267. The summed E-state index contributed by atoms with van der Waals surface area (Å²) in [5.74, 6) is 0. The summed E-state index contributed by atoms with van der Waals surface area (Å²) in [4.78, 5) is 0. The highest BCUT2D eigenvalue weighted by molar-refractivity contribution is 4.94. The molecule has 0 aromatic heterocycles. The molecule has 7 atom stereocenters. The van der Waals surface area contributed by atoms with Crippen molar-refractivity contribution in [2.75, 3.05) is 6.61 Å². The highest BCUT2D eigenvalue weighted by Gasteiger charge is 2.55. The van der Waals surface area contributed by atoms with Gasteiger partial charge in [-0.1, -0.05) is 0 Å². The van der Waals surface area contributed by atoms with Crippen molar-refractivity contribution in [3.05, 3.63) is 0 Å². The smallest absolute Gasteiger partial charge is 0.271 e. The predicted molar refractivity (Wildman–Crippen MR) is 43.5 cm³/mol. The first kappa shape index (κ1) is 10.8. The summed E-state index contributed by atoms with van der Waals surface area (Å²) in [7, 11) is 0. The monoisotopic (exact) mass is 236 g/mol. The van der Waals surface area contributed by atoms with E-state index in [9.17, 15) is 5.11 Å². The van der Waals surface area contributed by atoms with Crippen LogP contribution in [0.4, 0.5) is 0 Å². The number of fused-ring (bicyclic) bond motifs is 1. The van der Waals surface area contributed by atoms with Gasteiger partial charge in [-0.05, 0) is 0 Å². The van der Waals surface area contributed by atoms with Crippen LogP contribution in [0.3, 0.4) is 0 Å². The average molecular weight is 236 g/mol. The second-order valence-corrected chi connectivity index (χ2v) is 3.82. The quantitative estimate of drug-likeness (QED) is 0.457. The van der Waals surface area contributed by atoms with E-state index in [0.29, 0.717) is 0 Å². The van der Waals surface area contributed by atoms with Crippen LogP contribution in [0.25, 0.3) is 0 Å². The van der Waals surface area contributed by atoms with E-state index < -0.39 is 43.7 Å². The summed E-state index contributed by atoms with van der Waals surface area (Å²) >= 11 is 0.